The summed E-state index contributed by atoms with van der Waals surface area (Å²) < 4.78 is 7.08. The fraction of sp³-hybridized carbons (Fsp3) is 0.273. The summed E-state index contributed by atoms with van der Waals surface area (Å²) in [4.78, 5) is 17.1. The second-order valence-corrected chi connectivity index (χ2v) is 7.05. The summed E-state index contributed by atoms with van der Waals surface area (Å²) in [5, 5.41) is 17.2. The van der Waals surface area contributed by atoms with E-state index in [9.17, 15) is 4.79 Å². The van der Waals surface area contributed by atoms with Crippen LogP contribution in [0.3, 0.4) is 0 Å². The van der Waals surface area contributed by atoms with Crippen LogP contribution in [-0.4, -0.2) is 59.1 Å². The Balaban J connectivity index is 1.47. The van der Waals surface area contributed by atoms with Gasteiger partial charge in [-0.15, -0.1) is 5.10 Å². The Hall–Kier alpha value is -3.86. The highest BCUT2D eigenvalue weighted by Crippen LogP contribution is 2.28. The van der Waals surface area contributed by atoms with Crippen molar-refractivity contribution in [1.82, 2.24) is 19.9 Å². The van der Waals surface area contributed by atoms with E-state index in [1.807, 2.05) is 36.1 Å². The molecule has 1 aliphatic heterocycles. The normalized spacial score (nSPS) is 13.8. The predicted octanol–water partition coefficient (Wildman–Crippen LogP) is 2.42. The van der Waals surface area contributed by atoms with Gasteiger partial charge in [0.1, 0.15) is 5.75 Å². The van der Waals surface area contributed by atoms with Crippen molar-refractivity contribution in [3.05, 3.63) is 65.5 Å². The zero-order chi connectivity index (χ0) is 21.1. The number of nitriles is 1. The van der Waals surface area contributed by atoms with E-state index >= 15 is 0 Å². The molecule has 0 spiro atoms. The fourth-order valence-corrected chi connectivity index (χ4v) is 3.64. The lowest BCUT2D eigenvalue weighted by atomic mass is 10.2. The van der Waals surface area contributed by atoms with Gasteiger partial charge in [-0.1, -0.05) is 17.3 Å². The Labute approximate surface area is 174 Å². The molecule has 2 heterocycles. The largest absolute Gasteiger partial charge is 0.495 e. The van der Waals surface area contributed by atoms with Crippen molar-refractivity contribution in [2.24, 2.45) is 0 Å². The number of amides is 1. The predicted molar refractivity (Wildman–Crippen MR) is 112 cm³/mol. The van der Waals surface area contributed by atoms with Gasteiger partial charge < -0.3 is 14.5 Å². The quantitative estimate of drug-likeness (QED) is 0.666. The standard InChI is InChI=1S/C22H22N6O2/c1-16-21(24-25-28(16)18-9-7-17(15-23)8-10-18)22(29)27-13-11-26(12-14-27)19-5-3-4-6-20(19)30-2/h3-10H,11-14H2,1-2H3. The van der Waals surface area contributed by atoms with Crippen molar-refractivity contribution in [1.29, 1.82) is 5.26 Å². The lowest BCUT2D eigenvalue weighted by Gasteiger charge is -2.36. The summed E-state index contributed by atoms with van der Waals surface area (Å²) in [5.41, 5.74) is 3.40. The second kappa shape index (κ2) is 8.25. The number of carbonyl (C=O) groups is 1. The van der Waals surface area contributed by atoms with Crippen LogP contribution in [0.25, 0.3) is 5.69 Å². The minimum absolute atomic E-state index is 0.118. The molecule has 1 aromatic heterocycles. The number of hydrogen-bond donors (Lipinski definition) is 0. The van der Waals surface area contributed by atoms with Gasteiger partial charge >= 0.3 is 0 Å². The number of aromatic nitrogens is 3. The van der Waals surface area contributed by atoms with Gasteiger partial charge in [-0.25, -0.2) is 4.68 Å². The molecule has 0 N–H and O–H groups in total. The van der Waals surface area contributed by atoms with Gasteiger partial charge in [0.2, 0.25) is 0 Å². The Kier molecular flexibility index (Phi) is 5.35. The molecule has 3 aromatic rings. The Morgan fingerprint density at radius 1 is 1.07 bits per heavy atom. The number of benzene rings is 2. The SMILES string of the molecule is COc1ccccc1N1CCN(C(=O)c2nnn(-c3ccc(C#N)cc3)c2C)CC1. The number of anilines is 1. The molecule has 152 valence electrons. The van der Waals surface area contributed by atoms with Crippen molar-refractivity contribution >= 4 is 11.6 Å². The van der Waals surface area contributed by atoms with Crippen LogP contribution >= 0.6 is 0 Å². The van der Waals surface area contributed by atoms with Crippen LogP contribution in [0, 0.1) is 18.3 Å². The zero-order valence-electron chi connectivity index (χ0n) is 16.9. The number of para-hydroxylation sites is 2. The number of methoxy groups -OCH3 is 1. The zero-order valence-corrected chi connectivity index (χ0v) is 16.9. The molecule has 4 rings (SSSR count). The maximum absolute atomic E-state index is 13.1. The van der Waals surface area contributed by atoms with E-state index in [0.29, 0.717) is 30.0 Å². The van der Waals surface area contributed by atoms with Crippen LogP contribution in [0.5, 0.6) is 5.75 Å². The first-order chi connectivity index (χ1) is 14.6. The van der Waals surface area contributed by atoms with Gasteiger partial charge in [0, 0.05) is 26.2 Å². The smallest absolute Gasteiger partial charge is 0.276 e. The fourth-order valence-electron chi connectivity index (χ4n) is 3.64. The van der Waals surface area contributed by atoms with Crippen LogP contribution in [0.1, 0.15) is 21.7 Å². The van der Waals surface area contributed by atoms with E-state index in [1.165, 1.54) is 0 Å². The molecule has 1 fully saturated rings. The Bertz CT molecular complexity index is 1090. The third kappa shape index (κ3) is 3.57. The maximum Gasteiger partial charge on any atom is 0.276 e. The minimum Gasteiger partial charge on any atom is -0.495 e. The average Bonchev–Trinajstić information content (AvgIpc) is 3.20. The molecular formula is C22H22N6O2. The molecule has 8 heteroatoms. The maximum atomic E-state index is 13.1. The Morgan fingerprint density at radius 3 is 2.43 bits per heavy atom. The van der Waals surface area contributed by atoms with Gasteiger partial charge in [0.25, 0.3) is 5.91 Å². The van der Waals surface area contributed by atoms with Crippen molar-refractivity contribution in [3.63, 3.8) is 0 Å². The van der Waals surface area contributed by atoms with Gasteiger partial charge in [0.05, 0.1) is 35.8 Å². The van der Waals surface area contributed by atoms with Crippen LogP contribution in [0.2, 0.25) is 0 Å². The van der Waals surface area contributed by atoms with Crippen LogP contribution < -0.4 is 9.64 Å². The van der Waals surface area contributed by atoms with E-state index in [-0.39, 0.29) is 5.91 Å². The summed E-state index contributed by atoms with van der Waals surface area (Å²) in [6.45, 7) is 4.46. The first-order valence-corrected chi connectivity index (χ1v) is 9.72. The number of hydrogen-bond acceptors (Lipinski definition) is 6. The molecule has 30 heavy (non-hydrogen) atoms. The molecule has 0 bridgehead atoms. The van der Waals surface area contributed by atoms with Gasteiger partial charge in [-0.05, 0) is 43.3 Å². The minimum atomic E-state index is -0.118. The third-order valence-electron chi connectivity index (χ3n) is 5.33. The summed E-state index contributed by atoms with van der Waals surface area (Å²) in [5.74, 6) is 0.713. The molecule has 2 aromatic carbocycles. The molecule has 1 aliphatic rings. The first kappa shape index (κ1) is 19.5. The summed E-state index contributed by atoms with van der Waals surface area (Å²) in [7, 11) is 1.67. The molecule has 8 nitrogen and oxygen atoms in total. The number of nitrogens with zero attached hydrogens (tertiary/aromatic N) is 6. The lowest BCUT2D eigenvalue weighted by Crippen LogP contribution is -2.49. The summed E-state index contributed by atoms with van der Waals surface area (Å²) in [6.07, 6.45) is 0. The van der Waals surface area contributed by atoms with E-state index in [2.05, 4.69) is 21.3 Å². The molecule has 1 saturated heterocycles. The van der Waals surface area contributed by atoms with E-state index in [0.717, 1.165) is 30.2 Å². The van der Waals surface area contributed by atoms with E-state index in [4.69, 9.17) is 10.00 Å². The highest BCUT2D eigenvalue weighted by atomic mass is 16.5. The van der Waals surface area contributed by atoms with Crippen molar-refractivity contribution in [2.75, 3.05) is 38.2 Å². The topological polar surface area (TPSA) is 87.3 Å². The summed E-state index contributed by atoms with van der Waals surface area (Å²) >= 11 is 0. The van der Waals surface area contributed by atoms with Crippen molar-refractivity contribution < 1.29 is 9.53 Å². The third-order valence-corrected chi connectivity index (χ3v) is 5.33. The van der Waals surface area contributed by atoms with E-state index in [1.54, 1.807) is 36.1 Å². The number of rotatable bonds is 4. The average molecular weight is 402 g/mol. The van der Waals surface area contributed by atoms with Gasteiger partial charge in [-0.2, -0.15) is 5.26 Å². The Morgan fingerprint density at radius 2 is 1.77 bits per heavy atom. The second-order valence-electron chi connectivity index (χ2n) is 7.05. The monoisotopic (exact) mass is 402 g/mol. The van der Waals surface area contributed by atoms with Crippen molar-refractivity contribution in [2.45, 2.75) is 6.92 Å². The molecule has 1 amide bonds. The lowest BCUT2D eigenvalue weighted by molar-refractivity contribution is 0.0740. The molecule has 0 unspecified atom stereocenters. The summed E-state index contributed by atoms with van der Waals surface area (Å²) in [6, 6.07) is 17.0. The van der Waals surface area contributed by atoms with Crippen LogP contribution in [0.4, 0.5) is 5.69 Å². The number of ether oxygens (including phenoxy) is 1. The molecule has 0 radical (unpaired) electrons. The molecule has 0 atom stereocenters. The number of piperazine rings is 1. The number of carbonyl (C=O) groups excluding carboxylic acids is 1. The highest BCUT2D eigenvalue weighted by Gasteiger charge is 2.27. The van der Waals surface area contributed by atoms with Gasteiger partial charge in [-0.3, -0.25) is 4.79 Å². The molecule has 0 saturated carbocycles. The molecule has 0 aliphatic carbocycles. The van der Waals surface area contributed by atoms with Crippen LogP contribution in [-0.2, 0) is 0 Å². The molecular weight excluding hydrogens is 380 g/mol. The first-order valence-electron chi connectivity index (χ1n) is 9.72. The van der Waals surface area contributed by atoms with E-state index < -0.39 is 0 Å². The van der Waals surface area contributed by atoms with Crippen LogP contribution in [0.15, 0.2) is 48.5 Å². The highest BCUT2D eigenvalue weighted by molar-refractivity contribution is 5.93. The van der Waals surface area contributed by atoms with Crippen molar-refractivity contribution in [3.8, 4) is 17.5 Å². The van der Waals surface area contributed by atoms with Gasteiger partial charge in [0.15, 0.2) is 5.69 Å².